The van der Waals surface area contributed by atoms with Crippen LogP contribution in [0, 0.1) is 5.92 Å². The molecule has 3 N–H and O–H groups in total. The van der Waals surface area contributed by atoms with Crippen molar-refractivity contribution in [3.05, 3.63) is 28.0 Å². The van der Waals surface area contributed by atoms with E-state index in [9.17, 15) is 0 Å². The van der Waals surface area contributed by atoms with Crippen LogP contribution in [-0.4, -0.2) is 4.98 Å². The molecule has 0 bridgehead atoms. The van der Waals surface area contributed by atoms with Gasteiger partial charge >= 0.3 is 0 Å². The Kier molecular flexibility index (Phi) is 4.03. The van der Waals surface area contributed by atoms with Gasteiger partial charge in [-0.25, -0.2) is 0 Å². The Labute approximate surface area is 105 Å². The summed E-state index contributed by atoms with van der Waals surface area (Å²) in [6.07, 6.45) is 6.44. The molecule has 1 heterocycles. The van der Waals surface area contributed by atoms with Crippen LogP contribution in [0.25, 0.3) is 0 Å². The van der Waals surface area contributed by atoms with Crippen LogP contribution in [0.1, 0.15) is 37.4 Å². The van der Waals surface area contributed by atoms with Crippen LogP contribution in [0.15, 0.2) is 12.3 Å². The van der Waals surface area contributed by atoms with Gasteiger partial charge in [-0.05, 0) is 24.8 Å². The molecule has 1 aliphatic carbocycles. The fourth-order valence-electron chi connectivity index (χ4n) is 1.79. The van der Waals surface area contributed by atoms with Crippen LogP contribution >= 0.6 is 23.2 Å². The van der Waals surface area contributed by atoms with Gasteiger partial charge in [0.2, 0.25) is 0 Å². The van der Waals surface area contributed by atoms with Crippen molar-refractivity contribution in [2.45, 2.75) is 31.7 Å². The Balaban J connectivity index is 2.05. The second kappa shape index (κ2) is 5.32. The van der Waals surface area contributed by atoms with Crippen molar-refractivity contribution in [3.63, 3.8) is 0 Å². The average Bonchev–Trinajstić information content (AvgIpc) is 3.05. The predicted molar refractivity (Wildman–Crippen MR) is 66.3 cm³/mol. The first-order chi connectivity index (χ1) is 7.70. The zero-order valence-electron chi connectivity index (χ0n) is 8.92. The summed E-state index contributed by atoms with van der Waals surface area (Å²) in [6.45, 7) is 0. The number of pyridine rings is 1. The molecule has 1 atom stereocenters. The molecule has 3 nitrogen and oxygen atoms in total. The van der Waals surface area contributed by atoms with Crippen molar-refractivity contribution in [1.29, 1.82) is 0 Å². The number of halogens is 2. The first-order valence-corrected chi connectivity index (χ1v) is 6.23. The molecule has 1 saturated carbocycles. The topological polar surface area (TPSA) is 50.9 Å². The summed E-state index contributed by atoms with van der Waals surface area (Å²) >= 11 is 11.9. The third-order valence-corrected chi connectivity index (χ3v) is 3.44. The van der Waals surface area contributed by atoms with Crippen LogP contribution in [0.3, 0.4) is 0 Å². The van der Waals surface area contributed by atoms with Crippen molar-refractivity contribution in [2.24, 2.45) is 11.8 Å². The van der Waals surface area contributed by atoms with Gasteiger partial charge in [0, 0.05) is 6.20 Å². The highest BCUT2D eigenvalue weighted by molar-refractivity contribution is 6.34. The zero-order chi connectivity index (χ0) is 11.5. The normalized spacial score (nSPS) is 17.4. The number of nitrogens with two attached hydrogens (primary N) is 1. The van der Waals surface area contributed by atoms with E-state index in [1.165, 1.54) is 19.3 Å². The maximum absolute atomic E-state index is 6.09. The molecular weight excluding hydrogens is 245 g/mol. The van der Waals surface area contributed by atoms with Gasteiger partial charge in [0.15, 0.2) is 0 Å². The molecule has 88 valence electrons. The molecule has 0 aromatic carbocycles. The standard InChI is InChI=1S/C11H15Cl2N3/c12-8-5-9(13)11(15-6-8)10(16-14)4-3-7-1-2-7/h5-7,10,16H,1-4,14H2. The average molecular weight is 260 g/mol. The van der Waals surface area contributed by atoms with Gasteiger partial charge in [-0.3, -0.25) is 16.3 Å². The minimum Gasteiger partial charge on any atom is -0.271 e. The molecule has 1 fully saturated rings. The van der Waals surface area contributed by atoms with E-state index in [4.69, 9.17) is 29.0 Å². The van der Waals surface area contributed by atoms with Gasteiger partial charge in [-0.1, -0.05) is 36.0 Å². The molecule has 0 radical (unpaired) electrons. The van der Waals surface area contributed by atoms with Gasteiger partial charge < -0.3 is 0 Å². The summed E-state index contributed by atoms with van der Waals surface area (Å²) in [5.74, 6) is 6.41. The molecule has 5 heteroatoms. The zero-order valence-corrected chi connectivity index (χ0v) is 10.4. The SMILES string of the molecule is NNC(CCC1CC1)c1ncc(Cl)cc1Cl. The maximum atomic E-state index is 6.09. The fraction of sp³-hybridized carbons (Fsp3) is 0.545. The lowest BCUT2D eigenvalue weighted by molar-refractivity contribution is 0.472. The summed E-state index contributed by atoms with van der Waals surface area (Å²) in [5, 5.41) is 1.12. The Bertz CT molecular complexity index is 366. The number of nitrogens with zero attached hydrogens (tertiary/aromatic N) is 1. The van der Waals surface area contributed by atoms with Crippen LogP contribution in [0.5, 0.6) is 0 Å². The third kappa shape index (κ3) is 3.08. The van der Waals surface area contributed by atoms with Crippen molar-refractivity contribution in [3.8, 4) is 0 Å². The van der Waals surface area contributed by atoms with Gasteiger partial charge in [0.1, 0.15) is 0 Å². The first-order valence-electron chi connectivity index (χ1n) is 5.47. The van der Waals surface area contributed by atoms with Crippen molar-refractivity contribution in [2.75, 3.05) is 0 Å². The molecule has 1 aromatic rings. The molecule has 16 heavy (non-hydrogen) atoms. The lowest BCUT2D eigenvalue weighted by Gasteiger charge is -2.16. The summed E-state index contributed by atoms with van der Waals surface area (Å²) in [4.78, 5) is 4.24. The summed E-state index contributed by atoms with van der Waals surface area (Å²) in [5.41, 5.74) is 3.56. The number of aromatic nitrogens is 1. The monoisotopic (exact) mass is 259 g/mol. The molecule has 1 unspecified atom stereocenters. The van der Waals surface area contributed by atoms with Gasteiger partial charge in [0.05, 0.1) is 21.8 Å². The lowest BCUT2D eigenvalue weighted by atomic mass is 10.1. The Morgan fingerprint density at radius 2 is 2.25 bits per heavy atom. The maximum Gasteiger partial charge on any atom is 0.0773 e. The first kappa shape index (κ1) is 12.1. The molecule has 0 spiro atoms. The Morgan fingerprint density at radius 1 is 1.50 bits per heavy atom. The van der Waals surface area contributed by atoms with Crippen molar-refractivity contribution >= 4 is 23.2 Å². The molecule has 0 amide bonds. The molecule has 0 saturated heterocycles. The van der Waals surface area contributed by atoms with E-state index in [0.717, 1.165) is 18.0 Å². The third-order valence-electron chi connectivity index (χ3n) is 2.93. The van der Waals surface area contributed by atoms with E-state index >= 15 is 0 Å². The lowest BCUT2D eigenvalue weighted by Crippen LogP contribution is -2.29. The van der Waals surface area contributed by atoms with Crippen molar-refractivity contribution in [1.82, 2.24) is 10.4 Å². The smallest absolute Gasteiger partial charge is 0.0773 e. The van der Waals surface area contributed by atoms with E-state index in [1.807, 2.05) is 0 Å². The van der Waals surface area contributed by atoms with Crippen LogP contribution in [0.4, 0.5) is 0 Å². The Hall–Kier alpha value is -0.350. The van der Waals surface area contributed by atoms with Gasteiger partial charge in [-0.15, -0.1) is 0 Å². The van der Waals surface area contributed by atoms with E-state index in [2.05, 4.69) is 10.4 Å². The van der Waals surface area contributed by atoms with E-state index < -0.39 is 0 Å². The minimum atomic E-state index is 0.0189. The fourth-order valence-corrected chi connectivity index (χ4v) is 2.30. The summed E-state index contributed by atoms with van der Waals surface area (Å²) in [7, 11) is 0. The molecular formula is C11H15Cl2N3. The predicted octanol–water partition coefficient (Wildman–Crippen LogP) is 3.08. The highest BCUT2D eigenvalue weighted by Crippen LogP contribution is 2.36. The number of hydrogen-bond acceptors (Lipinski definition) is 3. The molecule has 0 aliphatic heterocycles. The largest absolute Gasteiger partial charge is 0.271 e. The van der Waals surface area contributed by atoms with Crippen LogP contribution < -0.4 is 11.3 Å². The summed E-state index contributed by atoms with van der Waals surface area (Å²) in [6, 6.07) is 1.72. The van der Waals surface area contributed by atoms with Gasteiger partial charge in [-0.2, -0.15) is 0 Å². The minimum absolute atomic E-state index is 0.0189. The highest BCUT2D eigenvalue weighted by Gasteiger charge is 2.24. The van der Waals surface area contributed by atoms with Crippen molar-refractivity contribution < 1.29 is 0 Å². The number of hydrazine groups is 1. The van der Waals surface area contributed by atoms with Gasteiger partial charge in [0.25, 0.3) is 0 Å². The highest BCUT2D eigenvalue weighted by atomic mass is 35.5. The number of hydrogen-bond donors (Lipinski definition) is 2. The number of rotatable bonds is 5. The molecule has 1 aliphatic rings. The quantitative estimate of drug-likeness (QED) is 0.631. The van der Waals surface area contributed by atoms with E-state index in [0.29, 0.717) is 10.0 Å². The molecule has 2 rings (SSSR count). The molecule has 1 aromatic heterocycles. The van der Waals surface area contributed by atoms with E-state index in [-0.39, 0.29) is 6.04 Å². The van der Waals surface area contributed by atoms with Crippen LogP contribution in [-0.2, 0) is 0 Å². The summed E-state index contributed by atoms with van der Waals surface area (Å²) < 4.78 is 0. The second-order valence-corrected chi connectivity index (χ2v) is 5.10. The van der Waals surface area contributed by atoms with E-state index in [1.54, 1.807) is 12.3 Å². The second-order valence-electron chi connectivity index (χ2n) is 4.26. The Morgan fingerprint density at radius 3 is 2.81 bits per heavy atom. The van der Waals surface area contributed by atoms with Crippen LogP contribution in [0.2, 0.25) is 10.0 Å². The number of nitrogens with one attached hydrogen (secondary N) is 1.